The zero-order valence-corrected chi connectivity index (χ0v) is 8.94. The van der Waals surface area contributed by atoms with E-state index in [2.05, 4.69) is 39.0 Å². The van der Waals surface area contributed by atoms with Crippen molar-refractivity contribution >= 4 is 16.6 Å². The van der Waals surface area contributed by atoms with Crippen molar-refractivity contribution in [1.82, 2.24) is 0 Å². The molecule has 1 aromatic carbocycles. The van der Waals surface area contributed by atoms with Crippen molar-refractivity contribution < 1.29 is 0 Å². The molecular formula is C12H13Cl. The fraction of sp³-hybridized carbons (Fsp3) is 0.333. The van der Waals surface area contributed by atoms with E-state index in [1.807, 2.05) is 6.07 Å². The fourth-order valence-electron chi connectivity index (χ4n) is 1.90. The summed E-state index contributed by atoms with van der Waals surface area (Å²) in [5.41, 5.74) is 3.92. The van der Waals surface area contributed by atoms with Gasteiger partial charge in [0, 0.05) is 10.4 Å². The first-order chi connectivity index (χ1) is 6.05. The largest absolute Gasteiger partial charge is 0.0837 e. The molecule has 0 aliphatic heterocycles. The van der Waals surface area contributed by atoms with Gasteiger partial charge < -0.3 is 0 Å². The van der Waals surface area contributed by atoms with Crippen molar-refractivity contribution in [1.29, 1.82) is 0 Å². The molecule has 0 atom stereocenters. The van der Waals surface area contributed by atoms with Crippen LogP contribution in [0, 0.1) is 0 Å². The second-order valence-electron chi connectivity index (χ2n) is 4.11. The van der Waals surface area contributed by atoms with Crippen LogP contribution in [0.5, 0.6) is 0 Å². The van der Waals surface area contributed by atoms with E-state index >= 15 is 0 Å². The molecule has 1 aliphatic carbocycles. The Morgan fingerprint density at radius 2 is 1.77 bits per heavy atom. The van der Waals surface area contributed by atoms with Crippen molar-refractivity contribution in [3.63, 3.8) is 0 Å². The lowest BCUT2D eigenvalue weighted by atomic mass is 9.82. The van der Waals surface area contributed by atoms with E-state index in [1.54, 1.807) is 0 Å². The molecule has 13 heavy (non-hydrogen) atoms. The standard InChI is InChI=1S/C12H13Cl/c1-8-11(13)9-6-4-5-7-10(9)12(8,2)3/h4-7H,1-3H3. The SMILES string of the molecule is CC1=C(Cl)c2ccccc2C1(C)C. The van der Waals surface area contributed by atoms with Crippen LogP contribution in [0.4, 0.5) is 0 Å². The molecule has 0 unspecified atom stereocenters. The third-order valence-electron chi connectivity index (χ3n) is 3.10. The topological polar surface area (TPSA) is 0 Å². The van der Waals surface area contributed by atoms with E-state index < -0.39 is 0 Å². The quantitative estimate of drug-likeness (QED) is 0.584. The number of benzene rings is 1. The van der Waals surface area contributed by atoms with E-state index in [1.165, 1.54) is 16.7 Å². The van der Waals surface area contributed by atoms with Crippen LogP contribution in [0.1, 0.15) is 31.9 Å². The fourth-order valence-corrected chi connectivity index (χ4v) is 2.30. The van der Waals surface area contributed by atoms with Crippen LogP contribution in [-0.2, 0) is 5.41 Å². The van der Waals surface area contributed by atoms with Crippen molar-refractivity contribution in [2.45, 2.75) is 26.2 Å². The van der Waals surface area contributed by atoms with Crippen LogP contribution in [0.3, 0.4) is 0 Å². The van der Waals surface area contributed by atoms with Crippen LogP contribution in [0.25, 0.3) is 5.03 Å². The summed E-state index contributed by atoms with van der Waals surface area (Å²) >= 11 is 6.26. The number of rotatable bonds is 0. The first-order valence-corrected chi connectivity index (χ1v) is 4.89. The summed E-state index contributed by atoms with van der Waals surface area (Å²) in [6.07, 6.45) is 0. The summed E-state index contributed by atoms with van der Waals surface area (Å²) in [6.45, 7) is 6.55. The molecule has 0 spiro atoms. The predicted molar refractivity (Wildman–Crippen MR) is 57.9 cm³/mol. The van der Waals surface area contributed by atoms with E-state index in [0.29, 0.717) is 0 Å². The highest BCUT2D eigenvalue weighted by atomic mass is 35.5. The second kappa shape index (κ2) is 2.62. The van der Waals surface area contributed by atoms with Gasteiger partial charge in [0.05, 0.1) is 0 Å². The van der Waals surface area contributed by atoms with Gasteiger partial charge in [-0.1, -0.05) is 49.7 Å². The maximum absolute atomic E-state index is 6.26. The number of fused-ring (bicyclic) bond motifs is 1. The zero-order chi connectivity index (χ0) is 9.64. The molecule has 0 saturated carbocycles. The lowest BCUT2D eigenvalue weighted by molar-refractivity contribution is 0.639. The van der Waals surface area contributed by atoms with Gasteiger partial charge in [-0.15, -0.1) is 0 Å². The maximum Gasteiger partial charge on any atom is 0.0479 e. The molecule has 0 amide bonds. The number of hydrogen-bond acceptors (Lipinski definition) is 0. The van der Waals surface area contributed by atoms with Gasteiger partial charge >= 0.3 is 0 Å². The van der Waals surface area contributed by atoms with Crippen molar-refractivity contribution in [2.24, 2.45) is 0 Å². The Hall–Kier alpha value is -0.750. The summed E-state index contributed by atoms with van der Waals surface area (Å²) in [7, 11) is 0. The monoisotopic (exact) mass is 192 g/mol. The van der Waals surface area contributed by atoms with Gasteiger partial charge in [0.15, 0.2) is 0 Å². The molecular weight excluding hydrogens is 180 g/mol. The van der Waals surface area contributed by atoms with Crippen molar-refractivity contribution in [3.8, 4) is 0 Å². The van der Waals surface area contributed by atoms with Gasteiger partial charge in [-0.2, -0.15) is 0 Å². The minimum atomic E-state index is 0.105. The average Bonchev–Trinajstić information content (AvgIpc) is 2.30. The molecule has 0 radical (unpaired) electrons. The Morgan fingerprint density at radius 1 is 1.15 bits per heavy atom. The number of halogens is 1. The molecule has 0 bridgehead atoms. The van der Waals surface area contributed by atoms with Crippen molar-refractivity contribution in [2.75, 3.05) is 0 Å². The number of hydrogen-bond donors (Lipinski definition) is 0. The zero-order valence-electron chi connectivity index (χ0n) is 8.19. The molecule has 0 N–H and O–H groups in total. The Kier molecular flexibility index (Phi) is 1.78. The summed E-state index contributed by atoms with van der Waals surface area (Å²) in [6, 6.07) is 8.36. The third-order valence-corrected chi connectivity index (χ3v) is 3.59. The lowest BCUT2D eigenvalue weighted by Gasteiger charge is -2.21. The Balaban J connectivity index is 2.74. The van der Waals surface area contributed by atoms with Crippen LogP contribution >= 0.6 is 11.6 Å². The highest BCUT2D eigenvalue weighted by Crippen LogP contribution is 2.47. The minimum Gasteiger partial charge on any atom is -0.0837 e. The second-order valence-corrected chi connectivity index (χ2v) is 4.49. The first-order valence-electron chi connectivity index (χ1n) is 4.52. The summed E-state index contributed by atoms with van der Waals surface area (Å²) in [5.74, 6) is 0. The molecule has 1 heteroatoms. The van der Waals surface area contributed by atoms with Gasteiger partial charge in [-0.3, -0.25) is 0 Å². The van der Waals surface area contributed by atoms with Gasteiger partial charge in [0.1, 0.15) is 0 Å². The van der Waals surface area contributed by atoms with Gasteiger partial charge in [-0.05, 0) is 23.6 Å². The summed E-state index contributed by atoms with van der Waals surface area (Å²) in [5, 5.41) is 0.931. The molecule has 2 rings (SSSR count). The molecule has 0 fully saturated rings. The van der Waals surface area contributed by atoms with Crippen LogP contribution in [0.15, 0.2) is 29.8 Å². The molecule has 68 valence electrons. The summed E-state index contributed by atoms with van der Waals surface area (Å²) < 4.78 is 0. The Bertz CT molecular complexity index is 386. The van der Waals surface area contributed by atoms with E-state index in [4.69, 9.17) is 11.6 Å². The molecule has 0 nitrogen and oxygen atoms in total. The smallest absolute Gasteiger partial charge is 0.0479 e. The average molecular weight is 193 g/mol. The van der Waals surface area contributed by atoms with Gasteiger partial charge in [0.2, 0.25) is 0 Å². The lowest BCUT2D eigenvalue weighted by Crippen LogP contribution is -2.15. The van der Waals surface area contributed by atoms with Crippen LogP contribution in [0.2, 0.25) is 0 Å². The van der Waals surface area contributed by atoms with E-state index in [9.17, 15) is 0 Å². The highest BCUT2D eigenvalue weighted by molar-refractivity contribution is 6.50. The van der Waals surface area contributed by atoms with Crippen molar-refractivity contribution in [3.05, 3.63) is 41.0 Å². The summed E-state index contributed by atoms with van der Waals surface area (Å²) in [4.78, 5) is 0. The maximum atomic E-state index is 6.26. The van der Waals surface area contributed by atoms with E-state index in [0.717, 1.165) is 5.03 Å². The molecule has 0 heterocycles. The number of allylic oxidation sites excluding steroid dienone is 1. The highest BCUT2D eigenvalue weighted by Gasteiger charge is 2.33. The normalized spacial score (nSPS) is 19.1. The Labute approximate surface area is 84.2 Å². The Morgan fingerprint density at radius 3 is 2.38 bits per heavy atom. The van der Waals surface area contributed by atoms with E-state index in [-0.39, 0.29) is 5.41 Å². The van der Waals surface area contributed by atoms with Gasteiger partial charge in [0.25, 0.3) is 0 Å². The van der Waals surface area contributed by atoms with Gasteiger partial charge in [-0.25, -0.2) is 0 Å². The molecule has 0 saturated heterocycles. The predicted octanol–water partition coefficient (Wildman–Crippen LogP) is 3.95. The molecule has 0 aromatic heterocycles. The van der Waals surface area contributed by atoms with Crippen LogP contribution < -0.4 is 0 Å². The molecule has 1 aliphatic rings. The molecule has 1 aromatic rings. The van der Waals surface area contributed by atoms with Crippen LogP contribution in [-0.4, -0.2) is 0 Å². The third kappa shape index (κ3) is 1.05. The first kappa shape index (κ1) is 8.83. The minimum absolute atomic E-state index is 0.105.